The van der Waals surface area contributed by atoms with E-state index in [0.29, 0.717) is 19.4 Å². The molecule has 7 unspecified atom stereocenters. The second kappa shape index (κ2) is 52.2. The van der Waals surface area contributed by atoms with Gasteiger partial charge in [0.1, 0.15) is 24.4 Å². The van der Waals surface area contributed by atoms with E-state index in [1.54, 1.807) is 6.08 Å². The second-order valence-corrected chi connectivity index (χ2v) is 21.8. The molecule has 0 aromatic carbocycles. The molecule has 0 radical (unpaired) electrons. The quantitative estimate of drug-likeness (QED) is 0.0195. The summed E-state index contributed by atoms with van der Waals surface area (Å²) in [5.41, 5.74) is 0. The minimum absolute atomic E-state index is 0.00530. The maximum Gasteiger partial charge on any atom is 0.305 e. The Labute approximate surface area is 448 Å². The van der Waals surface area contributed by atoms with E-state index in [4.69, 9.17) is 14.2 Å². The van der Waals surface area contributed by atoms with Crippen LogP contribution in [0.1, 0.15) is 296 Å². The van der Waals surface area contributed by atoms with Crippen LogP contribution < -0.4 is 5.32 Å². The predicted octanol–water partition coefficient (Wildman–Crippen LogP) is 14.5. The SMILES string of the molecule is CCCC/C=C\CCCCCCCC(=O)OCCCCCCCCCCCCCCCCCCCCCCCCCCCC(=O)NC(COC1OC(CO)C(O)C(O)C1O)C(O)/C=C/CCCCCCCCC. The summed E-state index contributed by atoms with van der Waals surface area (Å²) in [6.07, 6.45) is 53.0. The van der Waals surface area contributed by atoms with E-state index in [2.05, 4.69) is 31.3 Å². The number of aliphatic hydroxyl groups is 5. The first-order chi connectivity index (χ1) is 35.7. The number of hydrogen-bond donors (Lipinski definition) is 6. The molecule has 6 N–H and O–H groups in total. The zero-order valence-corrected chi connectivity index (χ0v) is 47.4. The number of rotatable bonds is 54. The minimum Gasteiger partial charge on any atom is -0.466 e. The number of amides is 1. The van der Waals surface area contributed by atoms with Crippen molar-refractivity contribution in [3.8, 4) is 0 Å². The van der Waals surface area contributed by atoms with E-state index < -0.39 is 49.5 Å². The monoisotopic (exact) mass is 1040 g/mol. The molecule has 1 fully saturated rings. The van der Waals surface area contributed by atoms with E-state index in [-0.39, 0.29) is 18.5 Å². The van der Waals surface area contributed by atoms with Gasteiger partial charge in [-0.05, 0) is 51.4 Å². The Kier molecular flexibility index (Phi) is 49.5. The number of allylic oxidation sites excluding steroid dienone is 3. The smallest absolute Gasteiger partial charge is 0.305 e. The fourth-order valence-corrected chi connectivity index (χ4v) is 9.83. The van der Waals surface area contributed by atoms with Gasteiger partial charge in [-0.3, -0.25) is 9.59 Å². The number of hydrogen-bond acceptors (Lipinski definition) is 10. The highest BCUT2D eigenvalue weighted by Gasteiger charge is 2.44. The highest BCUT2D eigenvalue weighted by molar-refractivity contribution is 5.76. The molecule has 0 saturated carbocycles. The topological polar surface area (TPSA) is 175 Å². The Bertz CT molecular complexity index is 1260. The third kappa shape index (κ3) is 41.9. The van der Waals surface area contributed by atoms with Crippen LogP contribution in [0.15, 0.2) is 24.3 Å². The summed E-state index contributed by atoms with van der Waals surface area (Å²) >= 11 is 0. The molecule has 0 aliphatic carbocycles. The van der Waals surface area contributed by atoms with Crippen molar-refractivity contribution in [3.05, 3.63) is 24.3 Å². The van der Waals surface area contributed by atoms with Crippen molar-refractivity contribution in [1.29, 1.82) is 0 Å². The fraction of sp³-hybridized carbons (Fsp3) is 0.903. The number of unbranched alkanes of at least 4 members (excludes halogenated alkanes) is 38. The lowest BCUT2D eigenvalue weighted by Crippen LogP contribution is -2.60. The lowest BCUT2D eigenvalue weighted by molar-refractivity contribution is -0.302. The molecule has 0 aromatic rings. The van der Waals surface area contributed by atoms with Gasteiger partial charge in [0, 0.05) is 12.8 Å². The van der Waals surface area contributed by atoms with Crippen molar-refractivity contribution >= 4 is 11.9 Å². The number of nitrogens with one attached hydrogen (secondary N) is 1. The molecular weight excluding hydrogens is 919 g/mol. The maximum atomic E-state index is 13.0. The van der Waals surface area contributed by atoms with Crippen LogP contribution in [0.25, 0.3) is 0 Å². The molecule has 11 nitrogen and oxygen atoms in total. The van der Waals surface area contributed by atoms with Crippen LogP contribution in [-0.4, -0.2) is 100 Å². The average molecular weight is 1040 g/mol. The van der Waals surface area contributed by atoms with Crippen LogP contribution in [-0.2, 0) is 23.8 Å². The first kappa shape index (κ1) is 69.2. The third-order valence-electron chi connectivity index (χ3n) is 14.8. The zero-order chi connectivity index (χ0) is 53.1. The van der Waals surface area contributed by atoms with E-state index in [9.17, 15) is 35.1 Å². The molecule has 7 atom stereocenters. The Morgan fingerprint density at radius 2 is 0.890 bits per heavy atom. The van der Waals surface area contributed by atoms with Gasteiger partial charge in [0.2, 0.25) is 5.91 Å². The summed E-state index contributed by atoms with van der Waals surface area (Å²) in [6, 6.07) is -0.806. The summed E-state index contributed by atoms with van der Waals surface area (Å²) in [7, 11) is 0. The molecule has 1 amide bonds. The first-order valence-electron chi connectivity index (χ1n) is 31.1. The van der Waals surface area contributed by atoms with Crippen molar-refractivity contribution < 1.29 is 49.3 Å². The van der Waals surface area contributed by atoms with Crippen molar-refractivity contribution in [2.45, 2.75) is 339 Å². The molecule has 430 valence electrons. The number of carbonyl (C=O) groups is 2. The Morgan fingerprint density at radius 1 is 0.493 bits per heavy atom. The van der Waals surface area contributed by atoms with E-state index in [0.717, 1.165) is 57.8 Å². The van der Waals surface area contributed by atoms with Crippen molar-refractivity contribution in [2.24, 2.45) is 0 Å². The Hall–Kier alpha value is -1.86. The van der Waals surface area contributed by atoms with Crippen LogP contribution in [0, 0.1) is 0 Å². The Morgan fingerprint density at radius 3 is 1.36 bits per heavy atom. The van der Waals surface area contributed by atoms with Gasteiger partial charge >= 0.3 is 5.97 Å². The van der Waals surface area contributed by atoms with E-state index in [1.165, 1.54) is 212 Å². The summed E-state index contributed by atoms with van der Waals surface area (Å²) in [6.45, 7) is 4.29. The Balaban J connectivity index is 1.97. The highest BCUT2D eigenvalue weighted by atomic mass is 16.7. The molecular formula is C62H117NO10. The van der Waals surface area contributed by atoms with Crippen molar-refractivity contribution in [1.82, 2.24) is 5.32 Å². The molecule has 11 heteroatoms. The first-order valence-corrected chi connectivity index (χ1v) is 31.1. The summed E-state index contributed by atoms with van der Waals surface area (Å²) < 4.78 is 16.7. The molecule has 1 aliphatic heterocycles. The molecule has 1 saturated heterocycles. The maximum absolute atomic E-state index is 13.0. The van der Waals surface area contributed by atoms with Gasteiger partial charge in [0.05, 0.1) is 32.0 Å². The van der Waals surface area contributed by atoms with Gasteiger partial charge in [-0.25, -0.2) is 0 Å². The molecule has 0 aromatic heterocycles. The molecule has 1 rings (SSSR count). The van der Waals surface area contributed by atoms with Gasteiger partial charge in [-0.1, -0.05) is 256 Å². The lowest BCUT2D eigenvalue weighted by Gasteiger charge is -2.40. The zero-order valence-electron chi connectivity index (χ0n) is 47.4. The van der Waals surface area contributed by atoms with Crippen LogP contribution in [0.4, 0.5) is 0 Å². The summed E-state index contributed by atoms with van der Waals surface area (Å²) in [5.74, 6) is -0.187. The molecule has 1 aliphatic rings. The highest BCUT2D eigenvalue weighted by Crippen LogP contribution is 2.23. The van der Waals surface area contributed by atoms with Gasteiger partial charge in [-0.2, -0.15) is 0 Å². The predicted molar refractivity (Wildman–Crippen MR) is 301 cm³/mol. The normalized spacial score (nSPS) is 19.0. The van der Waals surface area contributed by atoms with Crippen molar-refractivity contribution in [3.63, 3.8) is 0 Å². The second-order valence-electron chi connectivity index (χ2n) is 21.8. The van der Waals surface area contributed by atoms with Crippen LogP contribution in [0.5, 0.6) is 0 Å². The van der Waals surface area contributed by atoms with Gasteiger partial charge in [0.25, 0.3) is 0 Å². The number of carbonyl (C=O) groups excluding carboxylic acids is 2. The van der Waals surface area contributed by atoms with E-state index >= 15 is 0 Å². The number of aliphatic hydroxyl groups excluding tert-OH is 5. The van der Waals surface area contributed by atoms with Crippen LogP contribution in [0.2, 0.25) is 0 Å². The lowest BCUT2D eigenvalue weighted by atomic mass is 9.99. The molecule has 73 heavy (non-hydrogen) atoms. The van der Waals surface area contributed by atoms with Gasteiger partial charge < -0.3 is 45.1 Å². The number of ether oxygens (including phenoxy) is 3. The van der Waals surface area contributed by atoms with E-state index in [1.807, 2.05) is 6.08 Å². The summed E-state index contributed by atoms with van der Waals surface area (Å²) in [5, 5.41) is 54.2. The minimum atomic E-state index is -1.57. The standard InChI is InChI=1S/C62H117NO10/c1-3-5-7-9-11-13-29-34-38-42-46-50-58(67)71-51-47-43-39-35-31-28-26-24-22-20-18-16-14-15-17-19-21-23-25-27-30-33-37-41-45-49-57(66)63-54(55(65)48-44-40-36-32-12-10-8-6-4-2)53-72-62-61(70)60(69)59(68)56(52-64)73-62/h9,11,44,48,54-56,59-62,64-65,68-70H,3-8,10,12-43,45-47,49-53H2,1-2H3,(H,63,66)/b11-9-,48-44+. The van der Waals surface area contributed by atoms with Gasteiger partial charge in [-0.15, -0.1) is 0 Å². The fourth-order valence-electron chi connectivity index (χ4n) is 9.83. The molecule has 0 bridgehead atoms. The number of esters is 1. The van der Waals surface area contributed by atoms with Crippen molar-refractivity contribution in [2.75, 3.05) is 19.8 Å². The summed E-state index contributed by atoms with van der Waals surface area (Å²) in [4.78, 5) is 25.0. The third-order valence-corrected chi connectivity index (χ3v) is 14.8. The average Bonchev–Trinajstić information content (AvgIpc) is 3.39. The largest absolute Gasteiger partial charge is 0.466 e. The molecule has 0 spiro atoms. The van der Waals surface area contributed by atoms with Crippen LogP contribution in [0.3, 0.4) is 0 Å². The molecule has 1 heterocycles. The van der Waals surface area contributed by atoms with Crippen LogP contribution >= 0.6 is 0 Å². The van der Waals surface area contributed by atoms with Gasteiger partial charge in [0.15, 0.2) is 6.29 Å².